The molecule has 0 spiro atoms. The molecule has 400 valence electrons. The highest BCUT2D eigenvalue weighted by molar-refractivity contribution is 7.93. The zero-order valence-electron chi connectivity index (χ0n) is 42.2. The van der Waals surface area contributed by atoms with Gasteiger partial charge in [0.05, 0.1) is 46.6 Å². The summed E-state index contributed by atoms with van der Waals surface area (Å²) in [6, 6.07) is 23.1. The normalized spacial score (nSPS) is 20.5. The van der Waals surface area contributed by atoms with Gasteiger partial charge in [-0.1, -0.05) is 69.3 Å². The number of unbranched alkanes of at least 4 members (excludes halogenated alkanes) is 2. The van der Waals surface area contributed by atoms with E-state index >= 15 is 0 Å². The Bertz CT molecular complexity index is 2980. The molecule has 7 atom stereocenters. The zero-order chi connectivity index (χ0) is 54.0. The van der Waals surface area contributed by atoms with Crippen molar-refractivity contribution in [1.29, 1.82) is 0 Å². The predicted molar refractivity (Wildman–Crippen MR) is 279 cm³/mol. The smallest absolute Gasteiger partial charge is 0.407 e. The quantitative estimate of drug-likeness (QED) is 0.0495. The van der Waals surface area contributed by atoms with E-state index in [0.29, 0.717) is 45.8 Å². The van der Waals surface area contributed by atoms with Crippen molar-refractivity contribution in [2.45, 2.75) is 121 Å². The van der Waals surface area contributed by atoms with Crippen LogP contribution in [0, 0.1) is 12.3 Å². The van der Waals surface area contributed by atoms with Crippen molar-refractivity contribution < 1.29 is 60.8 Å². The Kier molecular flexibility index (Phi) is 16.4. The van der Waals surface area contributed by atoms with Crippen LogP contribution in [0.2, 0.25) is 0 Å². The summed E-state index contributed by atoms with van der Waals surface area (Å²) in [6.07, 6.45) is -6.24. The first kappa shape index (κ1) is 54.8. The van der Waals surface area contributed by atoms with Gasteiger partial charge in [0.25, 0.3) is 0 Å². The number of halogens is 3. The number of aryl methyl sites for hydroxylation is 1. The molecule has 4 aromatic carbocycles. The first-order chi connectivity index (χ1) is 35.5. The monoisotopic (exact) mass is 1070 g/mol. The third-order valence-corrected chi connectivity index (χ3v) is 17.0. The number of hydrogen-bond donors (Lipinski definition) is 5. The number of alkyl halides is 3. The standard InChI is InChI=1S/C55H62F3N5O10S2/c1-32(34-10-12-37(13-11-34)50-33(2)59-31-74-50)60-52(68)43-27-41(66)29-62(43)53(69)51(54(3,4)5)61-46(67)9-7-6-8-26-72-42-24-18-38(19-25-42)63(30-55(56,57)58)75(70,71)45-28-44-47(35-14-20-39(64)21-15-35)48(49(45)73-44)36-16-22-40(65)23-17-36/h10-25,31-32,41,43-45,49,51,64-66H,6-9,26-30H2,1-5H3,(H,60,68)(H,61,67)/t32-,41+,43-,44+,45?,49-,51+/m0/s1. The number of carbonyl (C=O) groups is 3. The third-order valence-electron chi connectivity index (χ3n) is 13.9. The van der Waals surface area contributed by atoms with E-state index < -0.39 is 81.7 Å². The number of carbonyl (C=O) groups excluding carboxylic acids is 3. The fraction of sp³-hybridized carbons (Fsp3) is 0.418. The molecule has 1 unspecified atom stereocenters. The summed E-state index contributed by atoms with van der Waals surface area (Å²) in [7, 11) is -4.74. The van der Waals surface area contributed by atoms with Crippen LogP contribution in [0.3, 0.4) is 0 Å². The number of anilines is 1. The molecule has 2 saturated heterocycles. The number of sulfonamides is 1. The molecule has 2 fully saturated rings. The number of phenolic OH excluding ortho intramolecular Hbond substituents is 2. The minimum atomic E-state index is -4.90. The van der Waals surface area contributed by atoms with Crippen LogP contribution in [-0.4, -0.2) is 113 Å². The van der Waals surface area contributed by atoms with Gasteiger partial charge in [-0.15, -0.1) is 11.3 Å². The Labute approximate surface area is 438 Å². The summed E-state index contributed by atoms with van der Waals surface area (Å²) in [6.45, 7) is 7.57. The maximum atomic E-state index is 14.4. The number of aromatic nitrogens is 1. The van der Waals surface area contributed by atoms with Crippen molar-refractivity contribution in [3.8, 4) is 27.7 Å². The van der Waals surface area contributed by atoms with Crippen molar-refractivity contribution in [2.75, 3.05) is 24.0 Å². The van der Waals surface area contributed by atoms with E-state index in [-0.39, 0.29) is 61.3 Å². The number of rotatable bonds is 19. The molecular formula is C55H62F3N5O10S2. The number of aliphatic hydroxyl groups excluding tert-OH is 1. The number of nitrogens with one attached hydrogen (secondary N) is 2. The largest absolute Gasteiger partial charge is 0.508 e. The van der Waals surface area contributed by atoms with Crippen LogP contribution in [0.4, 0.5) is 18.9 Å². The molecule has 15 nitrogen and oxygen atoms in total. The summed E-state index contributed by atoms with van der Waals surface area (Å²) in [5.74, 6) is -0.978. The number of hydrogen-bond acceptors (Lipinski definition) is 12. The zero-order valence-corrected chi connectivity index (χ0v) is 43.8. The number of nitrogens with zero attached hydrogens (tertiary/aromatic N) is 3. The van der Waals surface area contributed by atoms with Crippen molar-refractivity contribution in [2.24, 2.45) is 5.41 Å². The van der Waals surface area contributed by atoms with Gasteiger partial charge in [-0.3, -0.25) is 18.7 Å². The number of benzene rings is 4. The van der Waals surface area contributed by atoms with Crippen LogP contribution in [0.15, 0.2) is 103 Å². The summed E-state index contributed by atoms with van der Waals surface area (Å²) < 4.78 is 83.9. The minimum absolute atomic E-state index is 0.0154. The fourth-order valence-corrected chi connectivity index (χ4v) is 12.8. The molecule has 5 aromatic rings. The molecular weight excluding hydrogens is 1010 g/mol. The molecule has 1 aromatic heterocycles. The fourth-order valence-electron chi connectivity index (χ4n) is 10.0. The van der Waals surface area contributed by atoms with E-state index in [1.165, 1.54) is 53.4 Å². The Morgan fingerprint density at radius 2 is 1.47 bits per heavy atom. The summed E-state index contributed by atoms with van der Waals surface area (Å²) in [4.78, 5) is 47.9. The number of amides is 3. The Hall–Kier alpha value is -6.48. The van der Waals surface area contributed by atoms with Gasteiger partial charge in [-0.2, -0.15) is 13.2 Å². The summed E-state index contributed by atoms with van der Waals surface area (Å²) >= 11 is 1.55. The SMILES string of the molecule is Cc1ncsc1-c1ccc([C@H](C)NC(=O)[C@@H]2C[C@@H](O)CN2C(=O)[C@@H](NC(=O)CCCCCOc2ccc(N(CC(F)(F)F)S(=O)(=O)C3C[C@H]4O[C@@H]3C(c3ccc(O)cc3)=C4c3ccc(O)cc3)cc2)C(C)(C)C)cc1. The Morgan fingerprint density at radius 1 is 0.853 bits per heavy atom. The topological polar surface area (TPSA) is 208 Å². The van der Waals surface area contributed by atoms with E-state index in [4.69, 9.17) is 9.47 Å². The van der Waals surface area contributed by atoms with E-state index in [2.05, 4.69) is 15.6 Å². The van der Waals surface area contributed by atoms with Crippen LogP contribution in [0.5, 0.6) is 17.2 Å². The summed E-state index contributed by atoms with van der Waals surface area (Å²) in [5.41, 5.74) is 5.94. The van der Waals surface area contributed by atoms with Crippen molar-refractivity contribution in [1.82, 2.24) is 20.5 Å². The molecule has 0 saturated carbocycles. The maximum Gasteiger partial charge on any atom is 0.407 e. The lowest BCUT2D eigenvalue weighted by Crippen LogP contribution is -2.57. The summed E-state index contributed by atoms with van der Waals surface area (Å²) in [5, 5.41) is 35.1. The molecule has 20 heteroatoms. The molecule has 5 N–H and O–H groups in total. The van der Waals surface area contributed by atoms with Crippen LogP contribution in [0.25, 0.3) is 21.6 Å². The van der Waals surface area contributed by atoms with Gasteiger partial charge in [0.2, 0.25) is 27.7 Å². The highest BCUT2D eigenvalue weighted by Gasteiger charge is 2.55. The Morgan fingerprint density at radius 3 is 2.05 bits per heavy atom. The van der Waals surface area contributed by atoms with E-state index in [9.17, 15) is 51.3 Å². The molecule has 75 heavy (non-hydrogen) atoms. The van der Waals surface area contributed by atoms with Crippen LogP contribution in [0.1, 0.15) is 94.6 Å². The highest BCUT2D eigenvalue weighted by Crippen LogP contribution is 2.52. The van der Waals surface area contributed by atoms with Crippen molar-refractivity contribution in [3.63, 3.8) is 0 Å². The van der Waals surface area contributed by atoms with Crippen molar-refractivity contribution in [3.05, 3.63) is 125 Å². The van der Waals surface area contributed by atoms with Gasteiger partial charge in [-0.05, 0) is 127 Å². The van der Waals surface area contributed by atoms with E-state index in [0.717, 1.165) is 21.7 Å². The molecule has 4 heterocycles. The molecule has 3 amide bonds. The number of phenols is 2. The molecule has 0 radical (unpaired) electrons. The molecule has 8 rings (SSSR count). The number of aromatic hydroxyl groups is 2. The van der Waals surface area contributed by atoms with Crippen molar-refractivity contribution >= 4 is 55.9 Å². The van der Waals surface area contributed by atoms with Crippen LogP contribution in [-0.2, 0) is 29.1 Å². The number of ether oxygens (including phenoxy) is 2. The molecule has 0 aliphatic carbocycles. The number of fused-ring (bicyclic) bond motifs is 2. The van der Waals surface area contributed by atoms with E-state index in [1.54, 1.807) is 41.1 Å². The minimum Gasteiger partial charge on any atom is -0.508 e. The van der Waals surface area contributed by atoms with Gasteiger partial charge in [0.15, 0.2) is 0 Å². The molecule has 3 aliphatic rings. The second-order valence-electron chi connectivity index (χ2n) is 20.4. The lowest BCUT2D eigenvalue weighted by molar-refractivity contribution is -0.144. The van der Waals surface area contributed by atoms with Gasteiger partial charge >= 0.3 is 6.18 Å². The second kappa shape index (κ2) is 22.4. The first-order valence-corrected chi connectivity index (χ1v) is 27.2. The van der Waals surface area contributed by atoms with Crippen LogP contribution >= 0.6 is 11.3 Å². The number of thiazole rings is 1. The molecule has 3 aliphatic heterocycles. The number of β-amino-alcohol motifs (C(OH)–C–C–N with tert-alkyl or cyclic N) is 1. The Balaban J connectivity index is 0.837. The lowest BCUT2D eigenvalue weighted by Gasteiger charge is -2.35. The molecule has 2 bridgehead atoms. The van der Waals surface area contributed by atoms with Gasteiger partial charge in [0.1, 0.15) is 47.2 Å². The number of aliphatic hydroxyl groups is 1. The second-order valence-corrected chi connectivity index (χ2v) is 23.4. The first-order valence-electron chi connectivity index (χ1n) is 24.9. The van der Waals surface area contributed by atoms with Gasteiger partial charge < -0.3 is 40.3 Å². The average Bonchev–Trinajstić information content (AvgIpc) is 4.21. The maximum absolute atomic E-state index is 14.4. The lowest BCUT2D eigenvalue weighted by atomic mass is 9.83. The average molecular weight is 1070 g/mol. The predicted octanol–water partition coefficient (Wildman–Crippen LogP) is 8.69. The van der Waals surface area contributed by atoms with E-state index in [1.807, 2.05) is 58.9 Å². The van der Waals surface area contributed by atoms with Gasteiger partial charge in [-0.25, -0.2) is 13.4 Å². The van der Waals surface area contributed by atoms with Gasteiger partial charge in [0, 0.05) is 19.4 Å². The third kappa shape index (κ3) is 12.6. The highest BCUT2D eigenvalue weighted by atomic mass is 32.2. The number of likely N-dealkylation sites (tertiary alicyclic amines) is 1. The van der Waals surface area contributed by atoms with Crippen LogP contribution < -0.4 is 19.7 Å².